The molecule has 0 aliphatic carbocycles. The third kappa shape index (κ3) is 3.81. The number of amides is 1. The highest BCUT2D eigenvalue weighted by Crippen LogP contribution is 2.26. The summed E-state index contributed by atoms with van der Waals surface area (Å²) < 4.78 is 5.31. The summed E-state index contributed by atoms with van der Waals surface area (Å²) in [7, 11) is 0. The first-order chi connectivity index (χ1) is 10.1. The second-order valence-electron chi connectivity index (χ2n) is 5.26. The number of unbranched alkanes of at least 4 members (excludes halogenated alkanes) is 1. The first-order valence-electron chi connectivity index (χ1n) is 7.28. The fourth-order valence-electron chi connectivity index (χ4n) is 2.45. The lowest BCUT2D eigenvalue weighted by molar-refractivity contribution is -0.139. The molecule has 2 rings (SSSR count). The molecular formula is C14H21N3O4. The molecule has 3 N–H and O–H groups in total. The van der Waals surface area contributed by atoms with Gasteiger partial charge in [0.1, 0.15) is 6.04 Å². The summed E-state index contributed by atoms with van der Waals surface area (Å²) in [6.07, 6.45) is 4.35. The average Bonchev–Trinajstić information content (AvgIpc) is 3.11. The predicted octanol–water partition coefficient (Wildman–Crippen LogP) is 1.29. The van der Waals surface area contributed by atoms with Gasteiger partial charge in [0, 0.05) is 12.5 Å². The van der Waals surface area contributed by atoms with E-state index in [0.29, 0.717) is 25.2 Å². The van der Waals surface area contributed by atoms with Crippen LogP contribution in [0.3, 0.4) is 0 Å². The summed E-state index contributed by atoms with van der Waals surface area (Å²) in [6.45, 7) is 3.20. The fraction of sp³-hybridized carbons (Fsp3) is 0.643. The van der Waals surface area contributed by atoms with Crippen LogP contribution in [0.4, 0.5) is 0 Å². The quantitative estimate of drug-likeness (QED) is 0.703. The van der Waals surface area contributed by atoms with Crippen LogP contribution >= 0.6 is 0 Å². The minimum Gasteiger partial charge on any atom is -0.480 e. The van der Waals surface area contributed by atoms with E-state index in [1.54, 1.807) is 0 Å². The highest BCUT2D eigenvalue weighted by atomic mass is 16.5. The Bertz CT molecular complexity index is 494. The van der Waals surface area contributed by atoms with Crippen LogP contribution in [0.15, 0.2) is 6.20 Å². The van der Waals surface area contributed by atoms with Gasteiger partial charge in [0.15, 0.2) is 0 Å². The van der Waals surface area contributed by atoms with E-state index in [0.717, 1.165) is 25.0 Å². The van der Waals surface area contributed by atoms with Crippen molar-refractivity contribution in [2.24, 2.45) is 0 Å². The van der Waals surface area contributed by atoms with E-state index in [4.69, 9.17) is 9.84 Å². The molecule has 0 saturated carbocycles. The van der Waals surface area contributed by atoms with E-state index < -0.39 is 17.9 Å². The van der Waals surface area contributed by atoms with E-state index in [2.05, 4.69) is 15.5 Å². The van der Waals surface area contributed by atoms with Crippen LogP contribution in [0, 0.1) is 0 Å². The molecular weight excluding hydrogens is 274 g/mol. The number of aromatic amines is 1. The Balaban J connectivity index is 2.05. The Hall–Kier alpha value is -1.89. The summed E-state index contributed by atoms with van der Waals surface area (Å²) >= 11 is 0. The molecule has 1 aromatic rings. The maximum atomic E-state index is 12.3. The van der Waals surface area contributed by atoms with Gasteiger partial charge in [-0.05, 0) is 12.8 Å². The third-order valence-electron chi connectivity index (χ3n) is 3.70. The number of carboxylic acids is 1. The SMILES string of the molecule is CCCCC(NC(=O)c1cn[nH]c1C1CCOC1)C(=O)O. The number of H-pyrrole nitrogens is 1. The highest BCUT2D eigenvalue weighted by Gasteiger charge is 2.27. The molecule has 1 amide bonds. The number of nitrogens with one attached hydrogen (secondary N) is 2. The van der Waals surface area contributed by atoms with Gasteiger partial charge in [0.05, 0.1) is 24.1 Å². The zero-order valence-corrected chi connectivity index (χ0v) is 12.1. The van der Waals surface area contributed by atoms with Crippen molar-refractivity contribution in [1.29, 1.82) is 0 Å². The van der Waals surface area contributed by atoms with Crippen LogP contribution in [-0.2, 0) is 9.53 Å². The van der Waals surface area contributed by atoms with Crippen LogP contribution < -0.4 is 5.32 Å². The van der Waals surface area contributed by atoms with Gasteiger partial charge < -0.3 is 15.2 Å². The summed E-state index contributed by atoms with van der Waals surface area (Å²) in [5.41, 5.74) is 1.14. The smallest absolute Gasteiger partial charge is 0.326 e. The molecule has 1 aliphatic heterocycles. The number of rotatable bonds is 7. The van der Waals surface area contributed by atoms with Crippen LogP contribution in [0.1, 0.15) is 54.6 Å². The van der Waals surface area contributed by atoms with Gasteiger partial charge in [0.2, 0.25) is 0 Å². The summed E-state index contributed by atoms with van der Waals surface area (Å²) in [5, 5.41) is 18.5. The lowest BCUT2D eigenvalue weighted by Gasteiger charge is -2.15. The molecule has 2 atom stereocenters. The number of aromatic nitrogens is 2. The molecule has 7 nitrogen and oxygen atoms in total. The van der Waals surface area contributed by atoms with Crippen molar-refractivity contribution in [2.45, 2.75) is 44.6 Å². The van der Waals surface area contributed by atoms with E-state index in [-0.39, 0.29) is 5.92 Å². The van der Waals surface area contributed by atoms with Crippen molar-refractivity contribution in [2.75, 3.05) is 13.2 Å². The average molecular weight is 295 g/mol. The second-order valence-corrected chi connectivity index (χ2v) is 5.26. The highest BCUT2D eigenvalue weighted by molar-refractivity contribution is 5.97. The Kier molecular flexibility index (Phi) is 5.32. The normalized spacial score (nSPS) is 19.4. The Morgan fingerprint density at radius 3 is 3.05 bits per heavy atom. The van der Waals surface area contributed by atoms with Gasteiger partial charge in [-0.25, -0.2) is 4.79 Å². The monoisotopic (exact) mass is 295 g/mol. The summed E-state index contributed by atoms with van der Waals surface area (Å²) in [6, 6.07) is -0.861. The molecule has 1 fully saturated rings. The maximum Gasteiger partial charge on any atom is 0.326 e. The van der Waals surface area contributed by atoms with Crippen LogP contribution in [0.2, 0.25) is 0 Å². The number of carbonyl (C=O) groups is 2. The van der Waals surface area contributed by atoms with E-state index >= 15 is 0 Å². The Labute approximate surface area is 123 Å². The molecule has 0 bridgehead atoms. The summed E-state index contributed by atoms with van der Waals surface area (Å²) in [5.74, 6) is -1.28. The third-order valence-corrected chi connectivity index (χ3v) is 3.70. The molecule has 0 aromatic carbocycles. The molecule has 0 radical (unpaired) electrons. The molecule has 1 aromatic heterocycles. The molecule has 7 heteroatoms. The van der Waals surface area contributed by atoms with Gasteiger partial charge in [-0.1, -0.05) is 19.8 Å². The first-order valence-corrected chi connectivity index (χ1v) is 7.28. The van der Waals surface area contributed by atoms with E-state index in [1.807, 2.05) is 6.92 Å². The van der Waals surface area contributed by atoms with Crippen molar-refractivity contribution in [3.8, 4) is 0 Å². The van der Waals surface area contributed by atoms with Gasteiger partial charge in [-0.2, -0.15) is 5.10 Å². The Morgan fingerprint density at radius 1 is 1.62 bits per heavy atom. The number of hydrogen-bond donors (Lipinski definition) is 3. The van der Waals surface area contributed by atoms with Gasteiger partial charge in [0.25, 0.3) is 5.91 Å². The number of carbonyl (C=O) groups excluding carboxylic acids is 1. The van der Waals surface area contributed by atoms with E-state index in [1.165, 1.54) is 6.20 Å². The molecule has 2 unspecified atom stereocenters. The number of carboxylic acid groups (broad SMARTS) is 1. The Morgan fingerprint density at radius 2 is 2.43 bits per heavy atom. The number of nitrogens with zero attached hydrogens (tertiary/aromatic N) is 1. The molecule has 2 heterocycles. The topological polar surface area (TPSA) is 104 Å². The van der Waals surface area contributed by atoms with Crippen molar-refractivity contribution in [1.82, 2.24) is 15.5 Å². The first kappa shape index (κ1) is 15.5. The lowest BCUT2D eigenvalue weighted by atomic mass is 10.0. The van der Waals surface area contributed by atoms with Gasteiger partial charge >= 0.3 is 5.97 Å². The predicted molar refractivity (Wildman–Crippen MR) is 75.2 cm³/mol. The summed E-state index contributed by atoms with van der Waals surface area (Å²) in [4.78, 5) is 23.5. The molecule has 116 valence electrons. The number of aliphatic carboxylic acids is 1. The zero-order valence-electron chi connectivity index (χ0n) is 12.1. The van der Waals surface area contributed by atoms with Crippen molar-refractivity contribution in [3.05, 3.63) is 17.5 Å². The standard InChI is InChI=1S/C14H21N3O4/c1-2-3-4-11(14(19)20)16-13(18)10-7-15-17-12(10)9-5-6-21-8-9/h7,9,11H,2-6,8H2,1H3,(H,15,17)(H,16,18)(H,19,20). The van der Waals surface area contributed by atoms with Crippen LogP contribution in [0.5, 0.6) is 0 Å². The molecule has 1 saturated heterocycles. The van der Waals surface area contributed by atoms with Gasteiger partial charge in [-0.15, -0.1) is 0 Å². The molecule has 1 aliphatic rings. The zero-order chi connectivity index (χ0) is 15.2. The minimum atomic E-state index is -1.01. The van der Waals surface area contributed by atoms with E-state index in [9.17, 15) is 9.59 Å². The van der Waals surface area contributed by atoms with Crippen LogP contribution in [-0.4, -0.2) is 46.4 Å². The number of hydrogen-bond acceptors (Lipinski definition) is 4. The lowest BCUT2D eigenvalue weighted by Crippen LogP contribution is -2.41. The van der Waals surface area contributed by atoms with Crippen molar-refractivity contribution in [3.63, 3.8) is 0 Å². The maximum absolute atomic E-state index is 12.3. The van der Waals surface area contributed by atoms with Crippen LogP contribution in [0.25, 0.3) is 0 Å². The van der Waals surface area contributed by atoms with Gasteiger partial charge in [-0.3, -0.25) is 9.89 Å². The van der Waals surface area contributed by atoms with Crippen molar-refractivity contribution >= 4 is 11.9 Å². The molecule has 21 heavy (non-hydrogen) atoms. The second kappa shape index (κ2) is 7.21. The number of ether oxygens (including phenoxy) is 1. The largest absolute Gasteiger partial charge is 0.480 e. The fourth-order valence-corrected chi connectivity index (χ4v) is 2.45. The molecule has 0 spiro atoms. The van der Waals surface area contributed by atoms with Crippen molar-refractivity contribution < 1.29 is 19.4 Å². The minimum absolute atomic E-state index is 0.118.